The first-order valence-corrected chi connectivity index (χ1v) is 9.22. The number of nitrogen functional groups attached to an aromatic ring is 1. The number of thioether (sulfide) groups is 1. The SMILES string of the molecule is CC(NS(=O)(=O)CCSc1cccc(N)c1)C(C)(C)C. The zero-order chi connectivity index (χ0) is 15.4. The lowest BCUT2D eigenvalue weighted by Crippen LogP contribution is -2.42. The minimum absolute atomic E-state index is 0.0892. The summed E-state index contributed by atoms with van der Waals surface area (Å²) in [6, 6.07) is 7.37. The summed E-state index contributed by atoms with van der Waals surface area (Å²) in [6.07, 6.45) is 0. The lowest BCUT2D eigenvalue weighted by Gasteiger charge is -2.27. The zero-order valence-corrected chi connectivity index (χ0v) is 14.1. The van der Waals surface area contributed by atoms with E-state index in [1.165, 1.54) is 11.8 Å². The van der Waals surface area contributed by atoms with E-state index in [0.29, 0.717) is 11.4 Å². The molecule has 1 atom stereocenters. The number of benzene rings is 1. The topological polar surface area (TPSA) is 72.2 Å². The molecule has 0 saturated carbocycles. The van der Waals surface area contributed by atoms with Crippen LogP contribution in [0.5, 0.6) is 0 Å². The van der Waals surface area contributed by atoms with E-state index in [0.717, 1.165) is 4.90 Å². The van der Waals surface area contributed by atoms with Crippen molar-refractivity contribution in [1.82, 2.24) is 4.72 Å². The Hall–Kier alpha value is -0.720. The Morgan fingerprint density at radius 1 is 1.35 bits per heavy atom. The van der Waals surface area contributed by atoms with Crippen molar-refractivity contribution in [1.29, 1.82) is 0 Å². The summed E-state index contributed by atoms with van der Waals surface area (Å²) < 4.78 is 26.7. The first-order valence-electron chi connectivity index (χ1n) is 6.58. The summed E-state index contributed by atoms with van der Waals surface area (Å²) >= 11 is 1.50. The van der Waals surface area contributed by atoms with E-state index in [9.17, 15) is 8.42 Å². The Balaban J connectivity index is 2.48. The zero-order valence-electron chi connectivity index (χ0n) is 12.5. The van der Waals surface area contributed by atoms with Crippen molar-refractivity contribution in [3.63, 3.8) is 0 Å². The molecule has 0 bridgehead atoms. The maximum Gasteiger partial charge on any atom is 0.212 e. The molecule has 0 heterocycles. The molecule has 4 nitrogen and oxygen atoms in total. The van der Waals surface area contributed by atoms with Crippen LogP contribution in [0.2, 0.25) is 0 Å². The van der Waals surface area contributed by atoms with Gasteiger partial charge in [0.25, 0.3) is 0 Å². The Morgan fingerprint density at radius 3 is 2.55 bits per heavy atom. The third-order valence-corrected chi connectivity index (χ3v) is 5.84. The van der Waals surface area contributed by atoms with Crippen LogP contribution in [0.4, 0.5) is 5.69 Å². The van der Waals surface area contributed by atoms with E-state index in [1.807, 2.05) is 52.0 Å². The van der Waals surface area contributed by atoms with Gasteiger partial charge in [-0.2, -0.15) is 0 Å². The summed E-state index contributed by atoms with van der Waals surface area (Å²) in [5.41, 5.74) is 6.29. The molecule has 1 rings (SSSR count). The van der Waals surface area contributed by atoms with Crippen LogP contribution in [0, 0.1) is 5.41 Å². The van der Waals surface area contributed by atoms with Gasteiger partial charge in [0.2, 0.25) is 10.0 Å². The lowest BCUT2D eigenvalue weighted by molar-refractivity contribution is 0.318. The molecule has 0 aliphatic rings. The number of rotatable bonds is 6. The molecule has 0 aromatic heterocycles. The van der Waals surface area contributed by atoms with Gasteiger partial charge in [-0.1, -0.05) is 26.8 Å². The molecule has 3 N–H and O–H groups in total. The molecule has 0 amide bonds. The molecule has 0 radical (unpaired) electrons. The van der Waals surface area contributed by atoms with Crippen molar-refractivity contribution in [2.24, 2.45) is 5.41 Å². The van der Waals surface area contributed by atoms with Gasteiger partial charge in [0.1, 0.15) is 0 Å². The second kappa shape index (κ2) is 6.83. The number of nitrogens with one attached hydrogen (secondary N) is 1. The van der Waals surface area contributed by atoms with Crippen LogP contribution in [-0.4, -0.2) is 26.0 Å². The van der Waals surface area contributed by atoms with Gasteiger partial charge in [0, 0.05) is 22.4 Å². The minimum atomic E-state index is -3.25. The van der Waals surface area contributed by atoms with Crippen LogP contribution < -0.4 is 10.5 Å². The number of nitrogens with two attached hydrogens (primary N) is 1. The van der Waals surface area contributed by atoms with Crippen molar-refractivity contribution < 1.29 is 8.42 Å². The maximum absolute atomic E-state index is 12.0. The van der Waals surface area contributed by atoms with Crippen molar-refractivity contribution in [2.45, 2.75) is 38.6 Å². The highest BCUT2D eigenvalue weighted by atomic mass is 32.2. The number of hydrogen-bond donors (Lipinski definition) is 2. The molecule has 1 unspecified atom stereocenters. The van der Waals surface area contributed by atoms with Crippen LogP contribution in [-0.2, 0) is 10.0 Å². The summed E-state index contributed by atoms with van der Waals surface area (Å²) in [5, 5.41) is 0. The fourth-order valence-electron chi connectivity index (χ4n) is 1.38. The number of hydrogen-bond acceptors (Lipinski definition) is 4. The normalized spacial score (nSPS) is 14.2. The third kappa shape index (κ3) is 6.15. The second-order valence-electron chi connectivity index (χ2n) is 5.95. The number of anilines is 1. The first kappa shape index (κ1) is 17.3. The Morgan fingerprint density at radius 2 is 2.00 bits per heavy atom. The molecule has 0 aliphatic carbocycles. The fourth-order valence-corrected chi connectivity index (χ4v) is 4.23. The predicted octanol–water partition coefficient (Wildman–Crippen LogP) is 2.71. The van der Waals surface area contributed by atoms with E-state index in [1.54, 1.807) is 0 Å². The monoisotopic (exact) mass is 316 g/mol. The van der Waals surface area contributed by atoms with Crippen LogP contribution in [0.15, 0.2) is 29.2 Å². The van der Waals surface area contributed by atoms with Gasteiger partial charge in [0.05, 0.1) is 5.75 Å². The minimum Gasteiger partial charge on any atom is -0.399 e. The quantitative estimate of drug-likeness (QED) is 0.625. The van der Waals surface area contributed by atoms with Crippen molar-refractivity contribution in [2.75, 3.05) is 17.2 Å². The highest BCUT2D eigenvalue weighted by Gasteiger charge is 2.24. The largest absolute Gasteiger partial charge is 0.399 e. The Labute approximate surface area is 126 Å². The van der Waals surface area contributed by atoms with E-state index in [4.69, 9.17) is 5.73 Å². The standard InChI is InChI=1S/C14H24N2O2S2/c1-11(14(2,3)4)16-20(17,18)9-8-19-13-7-5-6-12(15)10-13/h5-7,10-11,16H,8-9,15H2,1-4H3. The third-order valence-electron chi connectivity index (χ3n) is 3.13. The smallest absolute Gasteiger partial charge is 0.212 e. The molecule has 20 heavy (non-hydrogen) atoms. The lowest BCUT2D eigenvalue weighted by atomic mass is 9.89. The summed E-state index contributed by atoms with van der Waals surface area (Å²) in [4.78, 5) is 0.990. The van der Waals surface area contributed by atoms with E-state index in [2.05, 4.69) is 4.72 Å². The van der Waals surface area contributed by atoms with E-state index >= 15 is 0 Å². The molecule has 0 fully saturated rings. The molecule has 1 aromatic carbocycles. The van der Waals surface area contributed by atoms with Gasteiger partial charge in [0.15, 0.2) is 0 Å². The summed E-state index contributed by atoms with van der Waals surface area (Å²) in [5.74, 6) is 0.614. The van der Waals surface area contributed by atoms with Gasteiger partial charge in [-0.25, -0.2) is 13.1 Å². The average Bonchev–Trinajstić information content (AvgIpc) is 2.26. The molecule has 1 aromatic rings. The highest BCUT2D eigenvalue weighted by molar-refractivity contribution is 8.00. The van der Waals surface area contributed by atoms with Gasteiger partial charge in [-0.05, 0) is 30.5 Å². The molecular weight excluding hydrogens is 292 g/mol. The van der Waals surface area contributed by atoms with Crippen LogP contribution in [0.1, 0.15) is 27.7 Å². The highest BCUT2D eigenvalue weighted by Crippen LogP contribution is 2.21. The van der Waals surface area contributed by atoms with E-state index in [-0.39, 0.29) is 17.2 Å². The van der Waals surface area contributed by atoms with Crippen LogP contribution >= 0.6 is 11.8 Å². The van der Waals surface area contributed by atoms with Gasteiger partial charge in [-0.3, -0.25) is 0 Å². The van der Waals surface area contributed by atoms with Gasteiger partial charge in [-0.15, -0.1) is 11.8 Å². The molecule has 0 spiro atoms. The Kier molecular flexibility index (Phi) is 5.91. The van der Waals surface area contributed by atoms with Crippen molar-refractivity contribution in [3.8, 4) is 0 Å². The van der Waals surface area contributed by atoms with Crippen LogP contribution in [0.3, 0.4) is 0 Å². The molecule has 0 saturated heterocycles. The first-order chi connectivity index (χ1) is 9.10. The summed E-state index contributed by atoms with van der Waals surface area (Å²) in [7, 11) is -3.25. The molecule has 6 heteroatoms. The van der Waals surface area contributed by atoms with Gasteiger partial charge >= 0.3 is 0 Å². The summed E-state index contributed by atoms with van der Waals surface area (Å²) in [6.45, 7) is 7.94. The van der Waals surface area contributed by atoms with Crippen LogP contribution in [0.25, 0.3) is 0 Å². The number of sulfonamides is 1. The second-order valence-corrected chi connectivity index (χ2v) is 8.99. The Bertz CT molecular complexity index is 536. The average molecular weight is 316 g/mol. The predicted molar refractivity (Wildman–Crippen MR) is 87.4 cm³/mol. The molecule has 114 valence electrons. The molecular formula is C14H24N2O2S2. The maximum atomic E-state index is 12.0. The van der Waals surface area contributed by atoms with Crippen molar-refractivity contribution in [3.05, 3.63) is 24.3 Å². The fraction of sp³-hybridized carbons (Fsp3) is 0.571. The molecule has 0 aliphatic heterocycles. The van der Waals surface area contributed by atoms with Gasteiger partial charge < -0.3 is 5.73 Å². The van der Waals surface area contributed by atoms with E-state index < -0.39 is 10.0 Å². The van der Waals surface area contributed by atoms with Crippen molar-refractivity contribution >= 4 is 27.5 Å².